The van der Waals surface area contributed by atoms with Crippen LogP contribution in [0.4, 0.5) is 0 Å². The van der Waals surface area contributed by atoms with Gasteiger partial charge in [0.15, 0.2) is 11.6 Å². The third kappa shape index (κ3) is 1.63. The summed E-state index contributed by atoms with van der Waals surface area (Å²) in [7, 11) is 0. The van der Waals surface area contributed by atoms with Crippen LogP contribution in [0.5, 0.6) is 0 Å². The van der Waals surface area contributed by atoms with Gasteiger partial charge >= 0.3 is 0 Å². The first kappa shape index (κ1) is 9.84. The molecular weight excluding hydrogens is 188 g/mol. The lowest BCUT2D eigenvalue weighted by Crippen LogP contribution is -2.32. The summed E-state index contributed by atoms with van der Waals surface area (Å²) in [6.45, 7) is 1.71. The summed E-state index contributed by atoms with van der Waals surface area (Å²) in [5.41, 5.74) is 0.145. The molecule has 0 unspecified atom stereocenters. The first-order chi connectivity index (χ1) is 7.13. The van der Waals surface area contributed by atoms with E-state index in [0.29, 0.717) is 6.42 Å². The van der Waals surface area contributed by atoms with Crippen molar-refractivity contribution in [1.29, 1.82) is 0 Å². The van der Waals surface area contributed by atoms with Crippen molar-refractivity contribution in [3.05, 3.63) is 48.0 Å². The monoisotopic (exact) mass is 200 g/mol. The van der Waals surface area contributed by atoms with Gasteiger partial charge in [-0.15, -0.1) is 0 Å². The quantitative estimate of drug-likeness (QED) is 0.684. The summed E-state index contributed by atoms with van der Waals surface area (Å²) >= 11 is 0. The highest BCUT2D eigenvalue weighted by Gasteiger charge is 2.41. The van der Waals surface area contributed by atoms with E-state index in [4.69, 9.17) is 0 Å². The molecule has 0 amide bonds. The van der Waals surface area contributed by atoms with Crippen molar-refractivity contribution in [3.8, 4) is 0 Å². The molecule has 2 nitrogen and oxygen atoms in total. The van der Waals surface area contributed by atoms with E-state index in [1.807, 2.05) is 30.3 Å². The molecule has 0 spiro atoms. The van der Waals surface area contributed by atoms with Gasteiger partial charge in [0.2, 0.25) is 0 Å². The number of benzene rings is 1. The molecule has 0 aliphatic heterocycles. The lowest BCUT2D eigenvalue weighted by Gasteiger charge is -2.19. The summed E-state index contributed by atoms with van der Waals surface area (Å²) in [5.74, 6) is -0.173. The Bertz CT molecular complexity index is 411. The Morgan fingerprint density at radius 1 is 1.00 bits per heavy atom. The van der Waals surface area contributed by atoms with Crippen LogP contribution in [0.1, 0.15) is 12.5 Å². The van der Waals surface area contributed by atoms with Gasteiger partial charge in [-0.1, -0.05) is 30.3 Å². The highest BCUT2D eigenvalue weighted by Crippen LogP contribution is 2.30. The maximum absolute atomic E-state index is 11.6. The van der Waals surface area contributed by atoms with Gasteiger partial charge < -0.3 is 0 Å². The fraction of sp³-hybridized carbons (Fsp3) is 0.231. The fourth-order valence-electron chi connectivity index (χ4n) is 1.82. The lowest BCUT2D eigenvalue weighted by molar-refractivity contribution is -0.132. The van der Waals surface area contributed by atoms with Crippen LogP contribution in [-0.2, 0) is 16.0 Å². The largest absolute Gasteiger partial charge is 0.294 e. The maximum Gasteiger partial charge on any atom is 0.169 e. The number of rotatable bonds is 2. The van der Waals surface area contributed by atoms with Crippen molar-refractivity contribution >= 4 is 11.6 Å². The van der Waals surface area contributed by atoms with E-state index in [2.05, 4.69) is 0 Å². The number of ketones is 2. The van der Waals surface area contributed by atoms with Gasteiger partial charge in [0, 0.05) is 0 Å². The van der Waals surface area contributed by atoms with E-state index in [-0.39, 0.29) is 11.6 Å². The molecule has 2 heteroatoms. The number of allylic oxidation sites excluding steroid dienone is 2. The van der Waals surface area contributed by atoms with Crippen LogP contribution in [0.3, 0.4) is 0 Å². The zero-order valence-corrected chi connectivity index (χ0v) is 8.57. The van der Waals surface area contributed by atoms with Crippen LogP contribution >= 0.6 is 0 Å². The molecule has 15 heavy (non-hydrogen) atoms. The smallest absolute Gasteiger partial charge is 0.169 e. The first-order valence-corrected chi connectivity index (χ1v) is 4.94. The van der Waals surface area contributed by atoms with E-state index in [9.17, 15) is 9.59 Å². The molecule has 1 aromatic carbocycles. The average molecular weight is 200 g/mol. The minimum Gasteiger partial charge on any atom is -0.294 e. The van der Waals surface area contributed by atoms with Crippen LogP contribution < -0.4 is 0 Å². The van der Waals surface area contributed by atoms with E-state index in [1.165, 1.54) is 12.2 Å². The second-order valence-corrected chi connectivity index (χ2v) is 4.06. The number of carbonyl (C=O) groups is 2. The second-order valence-electron chi connectivity index (χ2n) is 4.06. The summed E-state index contributed by atoms with van der Waals surface area (Å²) in [5, 5.41) is 0. The molecule has 1 aliphatic rings. The van der Waals surface area contributed by atoms with Gasteiger partial charge in [0.05, 0.1) is 5.41 Å². The highest BCUT2D eigenvalue weighted by molar-refractivity contribution is 6.22. The lowest BCUT2D eigenvalue weighted by atomic mass is 9.80. The van der Waals surface area contributed by atoms with Crippen LogP contribution in [0.2, 0.25) is 0 Å². The van der Waals surface area contributed by atoms with Gasteiger partial charge in [-0.3, -0.25) is 9.59 Å². The third-order valence-electron chi connectivity index (χ3n) is 2.87. The van der Waals surface area contributed by atoms with E-state index < -0.39 is 5.41 Å². The third-order valence-corrected chi connectivity index (χ3v) is 2.87. The van der Waals surface area contributed by atoms with Crippen molar-refractivity contribution in [2.24, 2.45) is 5.41 Å². The SMILES string of the molecule is CC1(Cc2ccccc2)C(=O)C=CC1=O. The van der Waals surface area contributed by atoms with E-state index in [0.717, 1.165) is 5.56 Å². The predicted octanol–water partition coefficient (Wildman–Crippen LogP) is 1.94. The molecule has 0 aromatic heterocycles. The molecule has 76 valence electrons. The van der Waals surface area contributed by atoms with Crippen LogP contribution in [0, 0.1) is 5.41 Å². The average Bonchev–Trinajstić information content (AvgIpc) is 2.48. The Hall–Kier alpha value is -1.70. The zero-order valence-electron chi connectivity index (χ0n) is 8.57. The Morgan fingerprint density at radius 2 is 1.53 bits per heavy atom. The number of hydrogen-bond donors (Lipinski definition) is 0. The van der Waals surface area contributed by atoms with Crippen LogP contribution in [0.15, 0.2) is 42.5 Å². The predicted molar refractivity (Wildman–Crippen MR) is 57.4 cm³/mol. The molecule has 2 rings (SSSR count). The molecule has 0 atom stereocenters. The first-order valence-electron chi connectivity index (χ1n) is 4.94. The van der Waals surface area contributed by atoms with E-state index in [1.54, 1.807) is 6.92 Å². The summed E-state index contributed by atoms with van der Waals surface area (Å²) < 4.78 is 0. The summed E-state index contributed by atoms with van der Waals surface area (Å²) in [6, 6.07) is 9.61. The van der Waals surface area contributed by atoms with Crippen LogP contribution in [0.25, 0.3) is 0 Å². The van der Waals surface area contributed by atoms with Crippen LogP contribution in [-0.4, -0.2) is 11.6 Å². The van der Waals surface area contributed by atoms with Crippen molar-refractivity contribution in [2.75, 3.05) is 0 Å². The van der Waals surface area contributed by atoms with Gasteiger partial charge in [-0.25, -0.2) is 0 Å². The standard InChI is InChI=1S/C13H12O2/c1-13(11(14)7-8-12(13)15)9-10-5-3-2-4-6-10/h2-8H,9H2,1H3. The Morgan fingerprint density at radius 3 is 2.07 bits per heavy atom. The van der Waals surface area contributed by atoms with E-state index >= 15 is 0 Å². The molecule has 1 aliphatic carbocycles. The second kappa shape index (κ2) is 3.46. The van der Waals surface area contributed by atoms with Gasteiger partial charge in [-0.2, -0.15) is 0 Å². The molecule has 0 saturated carbocycles. The van der Waals surface area contributed by atoms with Gasteiger partial charge in [0.25, 0.3) is 0 Å². The van der Waals surface area contributed by atoms with Gasteiger partial charge in [-0.05, 0) is 31.1 Å². The Labute approximate surface area is 88.6 Å². The molecule has 0 fully saturated rings. The molecule has 0 heterocycles. The summed E-state index contributed by atoms with van der Waals surface area (Å²) in [6.07, 6.45) is 3.25. The Balaban J connectivity index is 2.26. The summed E-state index contributed by atoms with van der Waals surface area (Å²) in [4.78, 5) is 23.2. The normalized spacial score (nSPS) is 18.5. The molecule has 0 saturated heterocycles. The zero-order chi connectivity index (χ0) is 10.9. The van der Waals surface area contributed by atoms with Crippen molar-refractivity contribution in [2.45, 2.75) is 13.3 Å². The number of hydrogen-bond acceptors (Lipinski definition) is 2. The molecule has 0 N–H and O–H groups in total. The highest BCUT2D eigenvalue weighted by atomic mass is 16.2. The molecule has 0 radical (unpaired) electrons. The minimum absolute atomic E-state index is 0.0867. The molecule has 0 bridgehead atoms. The molecule has 1 aromatic rings. The van der Waals surface area contributed by atoms with Crippen molar-refractivity contribution < 1.29 is 9.59 Å². The van der Waals surface area contributed by atoms with Crippen molar-refractivity contribution in [1.82, 2.24) is 0 Å². The van der Waals surface area contributed by atoms with Crippen molar-refractivity contribution in [3.63, 3.8) is 0 Å². The molecular formula is C13H12O2. The fourth-order valence-corrected chi connectivity index (χ4v) is 1.82. The minimum atomic E-state index is -0.874. The Kier molecular flexibility index (Phi) is 2.27. The maximum atomic E-state index is 11.6. The van der Waals surface area contributed by atoms with Gasteiger partial charge in [0.1, 0.15) is 0 Å². The number of carbonyl (C=O) groups excluding carboxylic acids is 2. The topological polar surface area (TPSA) is 34.1 Å².